The van der Waals surface area contributed by atoms with Gasteiger partial charge in [-0.3, -0.25) is 9.59 Å². The Morgan fingerprint density at radius 1 is 1.20 bits per heavy atom. The van der Waals surface area contributed by atoms with E-state index in [2.05, 4.69) is 20.4 Å². The number of thiazole rings is 1. The summed E-state index contributed by atoms with van der Waals surface area (Å²) in [5.74, 6) is -1.47. The summed E-state index contributed by atoms with van der Waals surface area (Å²) in [5, 5.41) is 6.90. The van der Waals surface area contributed by atoms with Gasteiger partial charge >= 0.3 is 12.0 Å². The first-order valence-electron chi connectivity index (χ1n) is 11.0. The zero-order chi connectivity index (χ0) is 25.5. The van der Waals surface area contributed by atoms with Gasteiger partial charge in [0.25, 0.3) is 5.91 Å². The first kappa shape index (κ1) is 26.1. The van der Waals surface area contributed by atoms with Gasteiger partial charge in [0.15, 0.2) is 10.8 Å². The minimum absolute atomic E-state index is 0.0533. The van der Waals surface area contributed by atoms with E-state index in [0.29, 0.717) is 30.9 Å². The smallest absolute Gasteiger partial charge is 0.357 e. The molecule has 1 aromatic carbocycles. The molecule has 0 spiro atoms. The van der Waals surface area contributed by atoms with Crippen LogP contribution < -0.4 is 15.4 Å². The van der Waals surface area contributed by atoms with Gasteiger partial charge in [0.2, 0.25) is 5.91 Å². The minimum atomic E-state index is -1.07. The average molecular weight is 505 g/mol. The number of methoxy groups -OCH3 is 2. The van der Waals surface area contributed by atoms with Crippen molar-refractivity contribution in [3.63, 3.8) is 0 Å². The summed E-state index contributed by atoms with van der Waals surface area (Å²) in [5.41, 5.74) is 0.619. The summed E-state index contributed by atoms with van der Waals surface area (Å²) >= 11 is 1.04. The van der Waals surface area contributed by atoms with Crippen LogP contribution in [0.4, 0.5) is 9.93 Å². The Labute approximate surface area is 206 Å². The van der Waals surface area contributed by atoms with Crippen molar-refractivity contribution in [2.24, 2.45) is 5.92 Å². The molecule has 2 heterocycles. The summed E-state index contributed by atoms with van der Waals surface area (Å²) in [7, 11) is 2.81. The second-order valence-corrected chi connectivity index (χ2v) is 8.71. The van der Waals surface area contributed by atoms with Gasteiger partial charge in [-0.25, -0.2) is 19.5 Å². The second kappa shape index (κ2) is 11.8. The van der Waals surface area contributed by atoms with Crippen molar-refractivity contribution < 1.29 is 33.4 Å². The fourth-order valence-electron chi connectivity index (χ4n) is 3.54. The summed E-state index contributed by atoms with van der Waals surface area (Å²) in [6, 6.07) is 4.13. The fourth-order valence-corrected chi connectivity index (χ4v) is 4.23. The van der Waals surface area contributed by atoms with E-state index >= 15 is 0 Å². The summed E-state index contributed by atoms with van der Waals surface area (Å²) in [6.45, 7) is 4.47. The number of nitrogens with one attached hydrogen (secondary N) is 2. The normalized spacial score (nSPS) is 17.0. The van der Waals surface area contributed by atoms with Gasteiger partial charge in [0, 0.05) is 12.5 Å². The molecule has 2 aromatic rings. The molecule has 2 N–H and O–H groups in total. The Morgan fingerprint density at radius 3 is 2.54 bits per heavy atom. The Balaban J connectivity index is 1.77. The van der Waals surface area contributed by atoms with Crippen LogP contribution in [0.25, 0.3) is 0 Å². The highest BCUT2D eigenvalue weighted by Gasteiger charge is 2.47. The molecule has 0 radical (unpaired) electrons. The highest BCUT2D eigenvalue weighted by Crippen LogP contribution is 2.29. The zero-order valence-corrected chi connectivity index (χ0v) is 20.7. The molecule has 0 aliphatic carbocycles. The van der Waals surface area contributed by atoms with Crippen LogP contribution in [0.3, 0.4) is 0 Å². The van der Waals surface area contributed by atoms with Crippen LogP contribution in [-0.2, 0) is 19.1 Å². The molecule has 1 aromatic heterocycles. The monoisotopic (exact) mass is 504 g/mol. The molecule has 1 saturated heterocycles. The molecule has 3 unspecified atom stereocenters. The first-order valence-corrected chi connectivity index (χ1v) is 11.9. The molecule has 188 valence electrons. The number of hydrogen-bond donors (Lipinski definition) is 2. The van der Waals surface area contributed by atoms with Gasteiger partial charge in [0.05, 0.1) is 13.7 Å². The number of esters is 1. The third-order valence-electron chi connectivity index (χ3n) is 5.60. The summed E-state index contributed by atoms with van der Waals surface area (Å²) in [4.78, 5) is 56.0. The number of nitrogens with zero attached hydrogens (tertiary/aromatic N) is 2. The van der Waals surface area contributed by atoms with Crippen molar-refractivity contribution in [1.82, 2.24) is 15.2 Å². The van der Waals surface area contributed by atoms with Crippen LogP contribution >= 0.6 is 11.3 Å². The Hall–Kier alpha value is -3.51. The van der Waals surface area contributed by atoms with E-state index in [1.807, 2.05) is 6.92 Å². The van der Waals surface area contributed by atoms with Crippen molar-refractivity contribution in [3.8, 4) is 5.75 Å². The largest absolute Gasteiger partial charge is 0.491 e. The van der Waals surface area contributed by atoms with Gasteiger partial charge in [-0.05, 0) is 23.6 Å². The molecule has 0 bridgehead atoms. The number of ether oxygens (including phenoxy) is 3. The average Bonchev–Trinajstić information content (AvgIpc) is 3.44. The van der Waals surface area contributed by atoms with E-state index in [0.717, 1.165) is 16.2 Å². The molecule has 1 aliphatic heterocycles. The maximum Gasteiger partial charge on any atom is 0.357 e. The molecule has 35 heavy (non-hydrogen) atoms. The zero-order valence-electron chi connectivity index (χ0n) is 19.9. The molecule has 12 heteroatoms. The number of anilines is 1. The standard InChI is InChI=1S/C23H28N4O7S/c1-5-13(2)18(19(28)26-22-24-16(12-35-22)21(30)33-4)27-20(29)17(25-23(27)31)14-6-8-15(9-7-14)34-11-10-32-3/h6-9,12-13,17-18H,5,10-11H2,1-4H3,(H,25,31)(H,24,26,28). The predicted molar refractivity (Wildman–Crippen MR) is 127 cm³/mol. The van der Waals surface area contributed by atoms with Gasteiger partial charge in [0.1, 0.15) is 24.4 Å². The van der Waals surface area contributed by atoms with Crippen molar-refractivity contribution in [2.45, 2.75) is 32.4 Å². The molecular weight excluding hydrogens is 476 g/mol. The molecule has 0 saturated carbocycles. The molecule has 3 atom stereocenters. The highest BCUT2D eigenvalue weighted by atomic mass is 32.1. The third-order valence-corrected chi connectivity index (χ3v) is 6.36. The first-order chi connectivity index (χ1) is 16.8. The molecule has 1 aliphatic rings. The minimum Gasteiger partial charge on any atom is -0.491 e. The number of aromatic nitrogens is 1. The number of rotatable bonds is 11. The van der Waals surface area contributed by atoms with Crippen molar-refractivity contribution in [3.05, 3.63) is 40.9 Å². The summed E-state index contributed by atoms with van der Waals surface area (Å²) < 4.78 is 15.1. The number of carbonyl (C=O) groups is 4. The van der Waals surface area contributed by atoms with E-state index in [9.17, 15) is 19.2 Å². The van der Waals surface area contributed by atoms with E-state index < -0.39 is 35.9 Å². The lowest BCUT2D eigenvalue weighted by Gasteiger charge is -2.28. The molecule has 1 fully saturated rings. The van der Waals surface area contributed by atoms with E-state index in [1.165, 1.54) is 12.5 Å². The van der Waals surface area contributed by atoms with Crippen LogP contribution in [0.5, 0.6) is 5.75 Å². The summed E-state index contributed by atoms with van der Waals surface area (Å²) in [6.07, 6.45) is 0.540. The number of benzene rings is 1. The second-order valence-electron chi connectivity index (χ2n) is 7.85. The van der Waals surface area contributed by atoms with Crippen molar-refractivity contribution in [1.29, 1.82) is 0 Å². The number of imide groups is 1. The molecular formula is C23H28N4O7S. The lowest BCUT2D eigenvalue weighted by Crippen LogP contribution is -2.51. The molecule has 3 rings (SSSR count). The maximum atomic E-state index is 13.3. The van der Waals surface area contributed by atoms with Crippen LogP contribution in [0.2, 0.25) is 0 Å². The van der Waals surface area contributed by atoms with Gasteiger partial charge in [-0.2, -0.15) is 0 Å². The van der Waals surface area contributed by atoms with Crippen LogP contribution in [0.15, 0.2) is 29.6 Å². The predicted octanol–water partition coefficient (Wildman–Crippen LogP) is 2.60. The van der Waals surface area contributed by atoms with E-state index in [4.69, 9.17) is 9.47 Å². The van der Waals surface area contributed by atoms with Crippen molar-refractivity contribution in [2.75, 3.05) is 32.8 Å². The topological polar surface area (TPSA) is 136 Å². The number of carbonyl (C=O) groups excluding carboxylic acids is 4. The van der Waals surface area contributed by atoms with Crippen LogP contribution in [0.1, 0.15) is 42.4 Å². The number of amides is 4. The SMILES string of the molecule is CCC(C)C(C(=O)Nc1nc(C(=O)OC)cs1)N1C(=O)NC(c2ccc(OCCOC)cc2)C1=O. The Kier molecular flexibility index (Phi) is 8.77. The van der Waals surface area contributed by atoms with E-state index in [1.54, 1.807) is 38.3 Å². The van der Waals surface area contributed by atoms with Crippen LogP contribution in [0, 0.1) is 5.92 Å². The maximum absolute atomic E-state index is 13.3. The van der Waals surface area contributed by atoms with Gasteiger partial charge in [-0.15, -0.1) is 11.3 Å². The fraction of sp³-hybridized carbons (Fsp3) is 0.435. The Morgan fingerprint density at radius 2 is 1.91 bits per heavy atom. The van der Waals surface area contributed by atoms with Crippen LogP contribution in [-0.4, -0.2) is 67.2 Å². The number of hydrogen-bond acceptors (Lipinski definition) is 9. The van der Waals surface area contributed by atoms with Gasteiger partial charge in [-0.1, -0.05) is 32.4 Å². The number of urea groups is 1. The quantitative estimate of drug-likeness (QED) is 0.271. The third kappa shape index (κ3) is 5.95. The lowest BCUT2D eigenvalue weighted by atomic mass is 9.96. The van der Waals surface area contributed by atoms with Gasteiger partial charge < -0.3 is 24.8 Å². The van der Waals surface area contributed by atoms with Crippen molar-refractivity contribution >= 4 is 40.3 Å². The van der Waals surface area contributed by atoms with E-state index in [-0.39, 0.29) is 16.7 Å². The molecule has 4 amide bonds. The Bertz CT molecular complexity index is 1070. The lowest BCUT2D eigenvalue weighted by molar-refractivity contribution is -0.135. The molecule has 11 nitrogen and oxygen atoms in total. The highest BCUT2D eigenvalue weighted by molar-refractivity contribution is 7.14.